The molecule has 1 aliphatic rings. The Morgan fingerprint density at radius 3 is 2.71 bits per heavy atom. The molecule has 4 rings (SSSR count). The second kappa shape index (κ2) is 8.72. The number of hydrogen-bond donors (Lipinski definition) is 3. The number of halogens is 6. The van der Waals surface area contributed by atoms with Crippen molar-refractivity contribution in [2.75, 3.05) is 22.2 Å². The Bertz CT molecular complexity index is 1340. The zero-order valence-electron chi connectivity index (χ0n) is 17.6. The number of fused-ring (bicyclic) bond motifs is 3. The van der Waals surface area contributed by atoms with Gasteiger partial charge in [-0.3, -0.25) is 10.3 Å². The maximum Gasteiger partial charge on any atom is 0.401 e. The van der Waals surface area contributed by atoms with Crippen molar-refractivity contribution in [2.24, 2.45) is 5.10 Å². The van der Waals surface area contributed by atoms with E-state index in [0.717, 1.165) is 47.2 Å². The van der Waals surface area contributed by atoms with Crippen molar-refractivity contribution < 1.29 is 26.7 Å². The van der Waals surface area contributed by atoms with Gasteiger partial charge in [0.2, 0.25) is 0 Å². The quantitative estimate of drug-likeness (QED) is 0.259. The summed E-state index contributed by atoms with van der Waals surface area (Å²) < 4.78 is 70.4. The maximum absolute atomic E-state index is 14.2. The summed E-state index contributed by atoms with van der Waals surface area (Å²) in [4.78, 5) is 21.6. The number of nitrogens with zero attached hydrogens (tertiary/aromatic N) is 6. The first-order valence-electron chi connectivity index (χ1n) is 9.72. The van der Waals surface area contributed by atoms with E-state index in [0.29, 0.717) is 0 Å². The van der Waals surface area contributed by atoms with E-state index in [1.807, 2.05) is 0 Å². The maximum atomic E-state index is 14.2. The van der Waals surface area contributed by atoms with Crippen LogP contribution in [0.3, 0.4) is 0 Å². The smallest absolute Gasteiger partial charge is 0.307 e. The summed E-state index contributed by atoms with van der Waals surface area (Å²) >= 11 is 5.85. The van der Waals surface area contributed by atoms with Crippen molar-refractivity contribution in [3.05, 3.63) is 40.9 Å². The topological polar surface area (TPSA) is 124 Å². The van der Waals surface area contributed by atoms with Crippen molar-refractivity contribution in [3.8, 4) is 0 Å². The molecule has 184 valence electrons. The standard InChI is InChI=1S/C19H15ClF5N9O/c1-18(19(23,24)25)8-33(11-7-27-13-5-12(20)32-34(13)14(11)18)17(35)30-9-4-10(15(21)22)16(28-6-9)31-29-3-2-26/h2-7,15,26H,8H2,1H3,(H,28,31)(H,30,35)/b26-2?,29-3-/t18-/m1/s1. The van der Waals surface area contributed by atoms with Crippen LogP contribution in [0, 0.1) is 5.41 Å². The third kappa shape index (κ3) is 4.22. The predicted octanol–water partition coefficient (Wildman–Crippen LogP) is 4.63. The zero-order valence-corrected chi connectivity index (χ0v) is 18.4. The highest BCUT2D eigenvalue weighted by Gasteiger charge is 2.60. The Morgan fingerprint density at radius 2 is 2.06 bits per heavy atom. The predicted molar refractivity (Wildman–Crippen MR) is 118 cm³/mol. The Kier molecular flexibility index (Phi) is 6.04. The molecule has 35 heavy (non-hydrogen) atoms. The van der Waals surface area contributed by atoms with Crippen LogP contribution < -0.4 is 15.6 Å². The van der Waals surface area contributed by atoms with Crippen LogP contribution in [0.1, 0.15) is 24.6 Å². The lowest BCUT2D eigenvalue weighted by atomic mass is 9.88. The molecule has 0 bridgehead atoms. The molecule has 1 aliphatic heterocycles. The van der Waals surface area contributed by atoms with Gasteiger partial charge in [0.25, 0.3) is 6.43 Å². The number of hydrazone groups is 1. The fraction of sp³-hybridized carbons (Fsp3) is 0.263. The summed E-state index contributed by atoms with van der Waals surface area (Å²) in [6.07, 6.45) is -3.87. The lowest BCUT2D eigenvalue weighted by Crippen LogP contribution is -2.46. The number of aromatic nitrogens is 4. The van der Waals surface area contributed by atoms with Crippen LogP contribution in [-0.2, 0) is 5.41 Å². The fourth-order valence-corrected chi connectivity index (χ4v) is 3.80. The van der Waals surface area contributed by atoms with Crippen LogP contribution in [-0.4, -0.2) is 50.8 Å². The molecule has 0 fully saturated rings. The molecule has 0 spiro atoms. The minimum atomic E-state index is -4.78. The Hall–Kier alpha value is -3.88. The monoisotopic (exact) mass is 515 g/mol. The molecule has 10 nitrogen and oxygen atoms in total. The van der Waals surface area contributed by atoms with Gasteiger partial charge in [-0.25, -0.2) is 28.1 Å². The van der Waals surface area contributed by atoms with Crippen LogP contribution in [0.4, 0.5) is 43.9 Å². The van der Waals surface area contributed by atoms with Crippen molar-refractivity contribution in [1.29, 1.82) is 5.41 Å². The number of carbonyl (C=O) groups is 1. The molecule has 0 radical (unpaired) electrons. The van der Waals surface area contributed by atoms with Gasteiger partial charge >= 0.3 is 12.2 Å². The minimum Gasteiger partial charge on any atom is -0.307 e. The number of anilines is 3. The van der Waals surface area contributed by atoms with Gasteiger partial charge in [-0.05, 0) is 13.0 Å². The van der Waals surface area contributed by atoms with Gasteiger partial charge in [0.15, 0.2) is 16.6 Å². The molecule has 4 heterocycles. The van der Waals surface area contributed by atoms with Crippen molar-refractivity contribution in [2.45, 2.75) is 24.9 Å². The van der Waals surface area contributed by atoms with Crippen LogP contribution in [0.25, 0.3) is 5.65 Å². The van der Waals surface area contributed by atoms with E-state index < -0.39 is 36.2 Å². The Labute approximate surface area is 198 Å². The van der Waals surface area contributed by atoms with Gasteiger partial charge in [0.1, 0.15) is 5.41 Å². The molecule has 2 amide bonds. The van der Waals surface area contributed by atoms with E-state index in [2.05, 4.69) is 30.9 Å². The molecule has 0 aliphatic carbocycles. The molecule has 3 N–H and O–H groups in total. The van der Waals surface area contributed by atoms with Crippen molar-refractivity contribution in [1.82, 2.24) is 19.6 Å². The van der Waals surface area contributed by atoms with Crippen LogP contribution in [0.2, 0.25) is 5.15 Å². The highest BCUT2D eigenvalue weighted by molar-refractivity contribution is 6.29. The number of carbonyl (C=O) groups excluding carboxylic acids is 1. The molecule has 3 aromatic heterocycles. The number of amides is 2. The molecule has 0 saturated heterocycles. The first-order chi connectivity index (χ1) is 16.5. The first kappa shape index (κ1) is 24.3. The van der Waals surface area contributed by atoms with Gasteiger partial charge in [0, 0.05) is 18.8 Å². The normalized spacial score (nSPS) is 17.9. The first-order valence-corrected chi connectivity index (χ1v) is 10.1. The lowest BCUT2D eigenvalue weighted by Gasteiger charge is -2.28. The van der Waals surface area contributed by atoms with Crippen LogP contribution in [0.5, 0.6) is 0 Å². The second-order valence-electron chi connectivity index (χ2n) is 7.59. The molecule has 16 heteroatoms. The summed E-state index contributed by atoms with van der Waals surface area (Å²) in [5, 5.41) is 16.4. The summed E-state index contributed by atoms with van der Waals surface area (Å²) in [7, 11) is 0. The average Bonchev–Trinajstić information content (AvgIpc) is 3.31. The fourth-order valence-electron chi connectivity index (χ4n) is 3.63. The summed E-state index contributed by atoms with van der Waals surface area (Å²) in [6.45, 7) is 0.100. The molecule has 0 unspecified atom stereocenters. The Balaban J connectivity index is 1.70. The van der Waals surface area contributed by atoms with Gasteiger partial charge in [0.05, 0.1) is 41.2 Å². The molecule has 0 saturated carbocycles. The van der Waals surface area contributed by atoms with Gasteiger partial charge in [-0.2, -0.15) is 23.4 Å². The number of urea groups is 1. The lowest BCUT2D eigenvalue weighted by molar-refractivity contribution is -0.181. The number of alkyl halides is 5. The highest BCUT2D eigenvalue weighted by atomic mass is 35.5. The number of nitrogens with one attached hydrogen (secondary N) is 3. The minimum absolute atomic E-state index is 0.0611. The van der Waals surface area contributed by atoms with E-state index in [-0.39, 0.29) is 33.7 Å². The molecule has 0 aromatic carbocycles. The van der Waals surface area contributed by atoms with E-state index in [9.17, 15) is 26.7 Å². The number of pyridine rings is 1. The van der Waals surface area contributed by atoms with E-state index in [1.165, 1.54) is 6.07 Å². The molecular formula is C19H15ClF5N9O. The summed E-state index contributed by atoms with van der Waals surface area (Å²) in [6, 6.07) is 1.16. The van der Waals surface area contributed by atoms with E-state index in [4.69, 9.17) is 17.0 Å². The summed E-state index contributed by atoms with van der Waals surface area (Å²) in [5.74, 6) is -0.325. The molecule has 3 aromatic rings. The highest BCUT2D eigenvalue weighted by Crippen LogP contribution is 2.50. The SMILES string of the molecule is C[C@@]1(C(F)(F)F)CN(C(=O)Nc2cnc(N/N=C\C=N)c(C(F)F)c2)c2cnc3cc(Cl)nn3c21. The summed E-state index contributed by atoms with van der Waals surface area (Å²) in [5.41, 5.74) is -1.55. The number of hydrogen-bond acceptors (Lipinski definition) is 7. The third-order valence-electron chi connectivity index (χ3n) is 5.32. The average molecular weight is 516 g/mol. The van der Waals surface area contributed by atoms with Gasteiger partial charge in [-0.1, -0.05) is 11.6 Å². The zero-order chi connectivity index (χ0) is 25.5. The third-order valence-corrected chi connectivity index (χ3v) is 5.50. The van der Waals surface area contributed by atoms with E-state index >= 15 is 0 Å². The van der Waals surface area contributed by atoms with Crippen LogP contribution >= 0.6 is 11.6 Å². The molecular weight excluding hydrogens is 501 g/mol. The van der Waals surface area contributed by atoms with Gasteiger partial charge < -0.3 is 10.7 Å². The van der Waals surface area contributed by atoms with Crippen molar-refractivity contribution >= 4 is 52.9 Å². The van der Waals surface area contributed by atoms with Gasteiger partial charge in [-0.15, -0.1) is 0 Å². The second-order valence-corrected chi connectivity index (χ2v) is 7.98. The van der Waals surface area contributed by atoms with Crippen LogP contribution in [0.15, 0.2) is 29.6 Å². The van der Waals surface area contributed by atoms with E-state index in [1.54, 1.807) is 0 Å². The van der Waals surface area contributed by atoms with Crippen molar-refractivity contribution in [3.63, 3.8) is 0 Å². The largest absolute Gasteiger partial charge is 0.401 e. The Morgan fingerprint density at radius 1 is 1.31 bits per heavy atom. The number of rotatable bonds is 5. The molecule has 1 atom stereocenters.